The molecule has 2 N–H and O–H groups in total. The number of carbonyl (C=O) groups excluding carboxylic acids is 3. The van der Waals surface area contributed by atoms with Gasteiger partial charge in [0.05, 0.1) is 7.11 Å². The third-order valence-corrected chi connectivity index (χ3v) is 4.01. The fourth-order valence-electron chi connectivity index (χ4n) is 2.58. The number of nitrogens with one attached hydrogen (secondary N) is 2. The van der Waals surface area contributed by atoms with Crippen LogP contribution in [-0.2, 0) is 19.1 Å². The number of ether oxygens (including phenoxy) is 1. The first-order valence-electron chi connectivity index (χ1n) is 9.53. The lowest BCUT2D eigenvalue weighted by atomic mass is 10.0. The minimum absolute atomic E-state index is 0.113. The molecule has 0 rings (SSSR count). The van der Waals surface area contributed by atoms with Gasteiger partial charge in [-0.15, -0.1) is 0 Å². The van der Waals surface area contributed by atoms with Gasteiger partial charge >= 0.3 is 5.97 Å². The Balaban J connectivity index is 4.83. The second kappa shape index (κ2) is 13.7. The van der Waals surface area contributed by atoms with Crippen LogP contribution in [0.2, 0.25) is 0 Å². The summed E-state index contributed by atoms with van der Waals surface area (Å²) in [4.78, 5) is 36.6. The monoisotopic (exact) mass is 356 g/mol. The van der Waals surface area contributed by atoms with Crippen molar-refractivity contribution >= 4 is 17.8 Å². The van der Waals surface area contributed by atoms with Crippen LogP contribution >= 0.6 is 0 Å². The lowest BCUT2D eigenvalue weighted by Crippen LogP contribution is -2.52. The van der Waals surface area contributed by atoms with E-state index in [2.05, 4.69) is 17.6 Å². The summed E-state index contributed by atoms with van der Waals surface area (Å²) >= 11 is 0. The number of unbranched alkanes of at least 4 members (excludes halogenated alkanes) is 3. The molecule has 0 aromatic rings. The first kappa shape index (κ1) is 23.4. The lowest BCUT2D eigenvalue weighted by molar-refractivity contribution is -0.145. The van der Waals surface area contributed by atoms with E-state index in [4.69, 9.17) is 4.74 Å². The molecule has 0 saturated carbocycles. The van der Waals surface area contributed by atoms with Crippen LogP contribution in [0.15, 0.2) is 0 Å². The zero-order valence-corrected chi connectivity index (χ0v) is 16.5. The molecule has 6 nitrogen and oxygen atoms in total. The van der Waals surface area contributed by atoms with E-state index < -0.39 is 18.1 Å². The molecule has 0 heterocycles. The Labute approximate surface area is 152 Å². The van der Waals surface area contributed by atoms with Gasteiger partial charge in [-0.3, -0.25) is 9.59 Å². The van der Waals surface area contributed by atoms with Crippen LogP contribution in [-0.4, -0.2) is 37.0 Å². The molecule has 0 bridgehead atoms. The molecule has 0 spiro atoms. The number of hydrogen-bond donors (Lipinski definition) is 2. The molecule has 0 unspecified atom stereocenters. The average molecular weight is 357 g/mol. The molecule has 2 atom stereocenters. The highest BCUT2D eigenvalue weighted by Crippen LogP contribution is 2.09. The number of hydrogen-bond acceptors (Lipinski definition) is 4. The van der Waals surface area contributed by atoms with E-state index in [-0.39, 0.29) is 17.7 Å². The van der Waals surface area contributed by atoms with Crippen molar-refractivity contribution in [2.24, 2.45) is 5.92 Å². The second-order valence-electron chi connectivity index (χ2n) is 6.93. The van der Waals surface area contributed by atoms with Crippen LogP contribution in [0.5, 0.6) is 0 Å². The maximum Gasteiger partial charge on any atom is 0.328 e. The van der Waals surface area contributed by atoms with E-state index in [0.717, 1.165) is 32.1 Å². The molecular formula is C19H36N2O4. The second-order valence-corrected chi connectivity index (χ2v) is 6.93. The van der Waals surface area contributed by atoms with Crippen LogP contribution in [0, 0.1) is 5.92 Å². The van der Waals surface area contributed by atoms with Crippen molar-refractivity contribution in [2.75, 3.05) is 7.11 Å². The predicted molar refractivity (Wildman–Crippen MR) is 99.0 cm³/mol. The maximum absolute atomic E-state index is 12.6. The third kappa shape index (κ3) is 10.8. The van der Waals surface area contributed by atoms with Gasteiger partial charge < -0.3 is 15.4 Å². The lowest BCUT2D eigenvalue weighted by Gasteiger charge is -2.23. The highest BCUT2D eigenvalue weighted by Gasteiger charge is 2.27. The Hall–Kier alpha value is -1.59. The Bertz CT molecular complexity index is 410. The average Bonchev–Trinajstić information content (AvgIpc) is 2.56. The number of amides is 2. The molecule has 0 aliphatic carbocycles. The minimum atomic E-state index is -0.663. The van der Waals surface area contributed by atoms with Crippen LogP contribution < -0.4 is 10.6 Å². The molecule has 0 aromatic heterocycles. The zero-order valence-electron chi connectivity index (χ0n) is 16.5. The summed E-state index contributed by atoms with van der Waals surface area (Å²) < 4.78 is 4.78. The SMILES string of the molecule is CCCCCC(=O)N[C@@H](CC(C)C)C(=O)N[C@@H](CCCC)C(=O)OC. The van der Waals surface area contributed by atoms with Crippen molar-refractivity contribution in [1.82, 2.24) is 10.6 Å². The van der Waals surface area contributed by atoms with E-state index in [1.54, 1.807) is 0 Å². The van der Waals surface area contributed by atoms with Crippen molar-refractivity contribution in [3.63, 3.8) is 0 Å². The molecule has 146 valence electrons. The Kier molecular flexibility index (Phi) is 12.8. The molecule has 0 aromatic carbocycles. The van der Waals surface area contributed by atoms with Gasteiger partial charge in [0.25, 0.3) is 0 Å². The van der Waals surface area contributed by atoms with E-state index in [0.29, 0.717) is 19.3 Å². The molecule has 2 amide bonds. The van der Waals surface area contributed by atoms with Gasteiger partial charge in [-0.05, 0) is 25.2 Å². The molecular weight excluding hydrogens is 320 g/mol. The number of esters is 1. The van der Waals surface area contributed by atoms with Gasteiger partial charge in [-0.1, -0.05) is 53.4 Å². The Morgan fingerprint density at radius 3 is 2.08 bits per heavy atom. The molecule has 6 heteroatoms. The summed E-state index contributed by atoms with van der Waals surface area (Å²) in [5, 5.41) is 5.57. The van der Waals surface area contributed by atoms with Crippen molar-refractivity contribution in [1.29, 1.82) is 0 Å². The quantitative estimate of drug-likeness (QED) is 0.392. The number of rotatable bonds is 13. The standard InChI is InChI=1S/C19H36N2O4/c1-6-8-10-12-17(22)20-16(13-14(3)4)18(23)21-15(11-9-7-2)19(24)25-5/h14-16H,6-13H2,1-5H3,(H,20,22)(H,21,23)/t15-,16-/m0/s1. The summed E-state index contributed by atoms with van der Waals surface area (Å²) in [7, 11) is 1.31. The van der Waals surface area contributed by atoms with Crippen molar-refractivity contribution in [3.8, 4) is 0 Å². The van der Waals surface area contributed by atoms with Crippen LogP contribution in [0.3, 0.4) is 0 Å². The van der Waals surface area contributed by atoms with Crippen LogP contribution in [0.4, 0.5) is 0 Å². The van der Waals surface area contributed by atoms with Gasteiger partial charge in [-0.2, -0.15) is 0 Å². The largest absolute Gasteiger partial charge is 0.467 e. The first-order chi connectivity index (χ1) is 11.8. The molecule has 0 aliphatic rings. The fourth-order valence-corrected chi connectivity index (χ4v) is 2.58. The van der Waals surface area contributed by atoms with Crippen LogP contribution in [0.25, 0.3) is 0 Å². The first-order valence-corrected chi connectivity index (χ1v) is 9.53. The van der Waals surface area contributed by atoms with Crippen molar-refractivity contribution in [3.05, 3.63) is 0 Å². The molecule has 25 heavy (non-hydrogen) atoms. The van der Waals surface area contributed by atoms with E-state index in [1.807, 2.05) is 20.8 Å². The highest BCUT2D eigenvalue weighted by molar-refractivity contribution is 5.90. The predicted octanol–water partition coefficient (Wildman–Crippen LogP) is 2.95. The molecule has 0 saturated heterocycles. The fraction of sp³-hybridized carbons (Fsp3) is 0.842. The molecule has 0 aliphatic heterocycles. The van der Waals surface area contributed by atoms with E-state index in [9.17, 15) is 14.4 Å². The Morgan fingerprint density at radius 2 is 1.56 bits per heavy atom. The number of methoxy groups -OCH3 is 1. The van der Waals surface area contributed by atoms with Crippen LogP contribution in [0.1, 0.15) is 79.1 Å². The topological polar surface area (TPSA) is 84.5 Å². The normalized spacial score (nSPS) is 13.2. The summed E-state index contributed by atoms with van der Waals surface area (Å²) in [5.74, 6) is -0.625. The molecule has 0 radical (unpaired) electrons. The van der Waals surface area contributed by atoms with E-state index in [1.165, 1.54) is 7.11 Å². The summed E-state index contributed by atoms with van der Waals surface area (Å²) in [5.41, 5.74) is 0. The highest BCUT2D eigenvalue weighted by atomic mass is 16.5. The van der Waals surface area contributed by atoms with Gasteiger partial charge in [0.2, 0.25) is 11.8 Å². The zero-order chi connectivity index (χ0) is 19.2. The maximum atomic E-state index is 12.6. The van der Waals surface area contributed by atoms with Crippen molar-refractivity contribution < 1.29 is 19.1 Å². The van der Waals surface area contributed by atoms with Gasteiger partial charge in [0, 0.05) is 6.42 Å². The van der Waals surface area contributed by atoms with Gasteiger partial charge in [0.15, 0.2) is 0 Å². The smallest absolute Gasteiger partial charge is 0.328 e. The third-order valence-electron chi connectivity index (χ3n) is 4.01. The van der Waals surface area contributed by atoms with Gasteiger partial charge in [-0.25, -0.2) is 4.79 Å². The summed E-state index contributed by atoms with van der Waals surface area (Å²) in [6.45, 7) is 8.10. The van der Waals surface area contributed by atoms with Crippen molar-refractivity contribution in [2.45, 2.75) is 91.1 Å². The number of carbonyl (C=O) groups is 3. The minimum Gasteiger partial charge on any atom is -0.467 e. The summed E-state index contributed by atoms with van der Waals surface area (Å²) in [6, 6.07) is -1.29. The molecule has 0 fully saturated rings. The van der Waals surface area contributed by atoms with Gasteiger partial charge in [0.1, 0.15) is 12.1 Å². The Morgan fingerprint density at radius 1 is 0.920 bits per heavy atom. The van der Waals surface area contributed by atoms with E-state index >= 15 is 0 Å². The summed E-state index contributed by atoms with van der Waals surface area (Å²) in [6.07, 6.45) is 6.09.